The molecule has 1 heterocycles. The second-order valence-corrected chi connectivity index (χ2v) is 7.05. The van der Waals surface area contributed by atoms with E-state index < -0.39 is 16.6 Å². The molecule has 0 amide bonds. The normalized spacial score (nSPS) is 14.3. The lowest BCUT2D eigenvalue weighted by Crippen LogP contribution is -2.07. The highest BCUT2D eigenvalue weighted by Crippen LogP contribution is 2.29. The third-order valence-electron chi connectivity index (χ3n) is 3.22. The minimum Gasteiger partial charge on any atom is -0.494 e. The van der Waals surface area contributed by atoms with E-state index in [-0.39, 0.29) is 11.1 Å². The number of alkyl halides is 1. The van der Waals surface area contributed by atoms with Gasteiger partial charge in [-0.2, -0.15) is 0 Å². The molecule has 0 N–H and O–H groups in total. The van der Waals surface area contributed by atoms with Crippen LogP contribution < -0.4 is 4.74 Å². The van der Waals surface area contributed by atoms with Gasteiger partial charge in [0.1, 0.15) is 5.82 Å². The van der Waals surface area contributed by atoms with Crippen LogP contribution in [0.4, 0.5) is 4.39 Å². The van der Waals surface area contributed by atoms with E-state index in [1.54, 1.807) is 12.3 Å². The van der Waals surface area contributed by atoms with Crippen molar-refractivity contribution < 1.29 is 13.3 Å². The molecule has 116 valence electrons. The fourth-order valence-electron chi connectivity index (χ4n) is 2.27. The number of aromatic nitrogens is 2. The van der Waals surface area contributed by atoms with Gasteiger partial charge in [0.15, 0.2) is 11.6 Å². The average Bonchev–Trinajstić information content (AvgIpc) is 2.75. The molecule has 0 aliphatic heterocycles. The number of fused-ring (bicyclic) bond motifs is 1. The van der Waals surface area contributed by atoms with E-state index in [1.165, 1.54) is 13.2 Å². The number of benzene rings is 1. The summed E-state index contributed by atoms with van der Waals surface area (Å²) in [4.78, 5) is 4.41. The van der Waals surface area contributed by atoms with E-state index in [1.807, 2.05) is 11.5 Å². The molecule has 0 radical (unpaired) electrons. The molecule has 0 spiro atoms. The smallest absolute Gasteiger partial charge is 0.167 e. The summed E-state index contributed by atoms with van der Waals surface area (Å²) in [6.07, 6.45) is 2.42. The highest BCUT2D eigenvalue weighted by Gasteiger charge is 2.17. The van der Waals surface area contributed by atoms with Crippen LogP contribution in [-0.2, 0) is 17.3 Å². The molecular weight excluding hydrogens is 315 g/mol. The lowest BCUT2D eigenvalue weighted by molar-refractivity contribution is 0.387. The third kappa shape index (κ3) is 3.55. The van der Waals surface area contributed by atoms with E-state index in [9.17, 15) is 8.60 Å². The summed E-state index contributed by atoms with van der Waals surface area (Å²) in [5.41, 5.74) is 1.33. The van der Waals surface area contributed by atoms with Crippen molar-refractivity contribution in [2.45, 2.75) is 25.3 Å². The number of hydrogen-bond acceptors (Lipinski definition) is 3. The van der Waals surface area contributed by atoms with Crippen molar-refractivity contribution in [1.29, 1.82) is 0 Å². The maximum atomic E-state index is 13.8. The monoisotopic (exact) mass is 332 g/mol. The molecule has 21 heavy (non-hydrogen) atoms. The molecule has 4 nitrogen and oxygen atoms in total. The minimum absolute atomic E-state index is 0.177. The van der Waals surface area contributed by atoms with Gasteiger partial charge in [-0.25, -0.2) is 9.37 Å². The van der Waals surface area contributed by atoms with E-state index in [2.05, 4.69) is 4.98 Å². The van der Waals surface area contributed by atoms with Crippen LogP contribution in [-0.4, -0.2) is 32.9 Å². The zero-order valence-electron chi connectivity index (χ0n) is 12.2. The van der Waals surface area contributed by atoms with Gasteiger partial charge in [0.2, 0.25) is 0 Å². The number of aryl methyl sites for hydroxylation is 1. The summed E-state index contributed by atoms with van der Waals surface area (Å²) >= 11 is 6.17. The first-order valence-electron chi connectivity index (χ1n) is 6.61. The zero-order chi connectivity index (χ0) is 15.6. The molecule has 1 aromatic carbocycles. The minimum atomic E-state index is -0.839. The first-order chi connectivity index (χ1) is 9.93. The number of imidazole rings is 1. The molecule has 7 heteroatoms. The third-order valence-corrected chi connectivity index (χ3v) is 4.28. The van der Waals surface area contributed by atoms with Gasteiger partial charge < -0.3 is 9.30 Å². The quantitative estimate of drug-likeness (QED) is 0.763. The van der Waals surface area contributed by atoms with Crippen LogP contribution in [0.1, 0.15) is 24.5 Å². The van der Waals surface area contributed by atoms with Gasteiger partial charge in [-0.05, 0) is 13.3 Å². The molecule has 0 saturated heterocycles. The largest absolute Gasteiger partial charge is 0.494 e. The first-order valence-corrected chi connectivity index (χ1v) is 8.78. The maximum absolute atomic E-state index is 13.8. The summed E-state index contributed by atoms with van der Waals surface area (Å²) in [5.74, 6) is 1.02. The first kappa shape index (κ1) is 16.2. The van der Waals surface area contributed by atoms with E-state index in [4.69, 9.17) is 16.3 Å². The Morgan fingerprint density at radius 2 is 2.24 bits per heavy atom. The number of hydrogen-bond donors (Lipinski definition) is 0. The summed E-state index contributed by atoms with van der Waals surface area (Å²) in [6.45, 7) is 2.46. The van der Waals surface area contributed by atoms with Gasteiger partial charge in [-0.3, -0.25) is 4.21 Å². The number of nitrogens with zero attached hydrogens (tertiary/aromatic N) is 2. The van der Waals surface area contributed by atoms with Crippen molar-refractivity contribution in [1.82, 2.24) is 9.55 Å². The summed E-state index contributed by atoms with van der Waals surface area (Å²) in [5, 5.41) is -0.293. The van der Waals surface area contributed by atoms with Gasteiger partial charge in [0.05, 0.1) is 23.5 Å². The summed E-state index contributed by atoms with van der Waals surface area (Å²) in [6, 6.07) is 2.98. The molecule has 0 aliphatic rings. The number of ether oxygens (including phenoxy) is 1. The molecule has 0 bridgehead atoms. The van der Waals surface area contributed by atoms with Crippen LogP contribution in [0.15, 0.2) is 12.1 Å². The van der Waals surface area contributed by atoms with Crippen LogP contribution in [0.3, 0.4) is 0 Å². The Kier molecular flexibility index (Phi) is 5.22. The highest BCUT2D eigenvalue weighted by atomic mass is 35.5. The molecule has 1 aromatic heterocycles. The Morgan fingerprint density at radius 3 is 2.81 bits per heavy atom. The summed E-state index contributed by atoms with van der Waals surface area (Å²) in [7, 11) is 0.588. The Morgan fingerprint density at radius 1 is 1.52 bits per heavy atom. The molecule has 2 aromatic rings. The SMILES string of the molecule is COc1cc2c(cc1F)nc(C(C)Cl)n2CCCS(C)=O. The molecule has 2 unspecified atom stereocenters. The molecule has 0 saturated carbocycles. The molecule has 0 fully saturated rings. The van der Waals surface area contributed by atoms with Crippen molar-refractivity contribution >= 4 is 33.4 Å². The standard InChI is InChI=1S/C14H18ClFN2O2S/c1-9(15)14-17-11-7-10(16)13(20-2)8-12(11)18(14)5-4-6-21(3)19/h7-9H,4-6H2,1-3H3. The van der Waals surface area contributed by atoms with Gasteiger partial charge >= 0.3 is 0 Å². The van der Waals surface area contributed by atoms with Crippen LogP contribution in [0.2, 0.25) is 0 Å². The van der Waals surface area contributed by atoms with Crippen LogP contribution in [0, 0.1) is 5.82 Å². The Labute approximate surface area is 130 Å². The van der Waals surface area contributed by atoms with Crippen LogP contribution >= 0.6 is 11.6 Å². The van der Waals surface area contributed by atoms with Crippen LogP contribution in [0.25, 0.3) is 11.0 Å². The topological polar surface area (TPSA) is 44.1 Å². The molecule has 0 aliphatic carbocycles. The maximum Gasteiger partial charge on any atom is 0.167 e. The average molecular weight is 333 g/mol. The Balaban J connectivity index is 2.47. The summed E-state index contributed by atoms with van der Waals surface area (Å²) < 4.78 is 31.9. The highest BCUT2D eigenvalue weighted by molar-refractivity contribution is 7.84. The van der Waals surface area contributed by atoms with Gasteiger partial charge in [-0.15, -0.1) is 11.6 Å². The van der Waals surface area contributed by atoms with Crippen molar-refractivity contribution in [3.63, 3.8) is 0 Å². The second-order valence-electron chi connectivity index (χ2n) is 4.84. The van der Waals surface area contributed by atoms with Crippen molar-refractivity contribution in [3.05, 3.63) is 23.8 Å². The van der Waals surface area contributed by atoms with Crippen LogP contribution in [0.5, 0.6) is 5.75 Å². The number of methoxy groups -OCH3 is 1. The lowest BCUT2D eigenvalue weighted by atomic mass is 10.2. The molecule has 2 atom stereocenters. The van der Waals surface area contributed by atoms with E-state index in [0.717, 1.165) is 11.9 Å². The predicted octanol–water partition coefficient (Wildman–Crippen LogP) is 3.25. The van der Waals surface area contributed by atoms with Crippen molar-refractivity contribution in [2.24, 2.45) is 0 Å². The number of rotatable bonds is 6. The van der Waals surface area contributed by atoms with E-state index in [0.29, 0.717) is 23.6 Å². The van der Waals surface area contributed by atoms with Crippen molar-refractivity contribution in [2.75, 3.05) is 19.1 Å². The van der Waals surface area contributed by atoms with Gasteiger partial charge in [-0.1, -0.05) is 0 Å². The molecular formula is C14H18ClFN2O2S. The Bertz CT molecular complexity index is 673. The number of halogens is 2. The zero-order valence-corrected chi connectivity index (χ0v) is 13.8. The second kappa shape index (κ2) is 6.75. The van der Waals surface area contributed by atoms with E-state index >= 15 is 0 Å². The predicted molar refractivity (Wildman–Crippen MR) is 84.1 cm³/mol. The van der Waals surface area contributed by atoms with Gasteiger partial charge in [0.25, 0.3) is 0 Å². The Hall–Kier alpha value is -1.14. The fraction of sp³-hybridized carbons (Fsp3) is 0.500. The lowest BCUT2D eigenvalue weighted by Gasteiger charge is -2.10. The molecule has 2 rings (SSSR count). The van der Waals surface area contributed by atoms with Gasteiger partial charge in [0, 0.05) is 41.5 Å². The fourth-order valence-corrected chi connectivity index (χ4v) is 2.97. The van der Waals surface area contributed by atoms with Crippen molar-refractivity contribution in [3.8, 4) is 5.75 Å².